The molecule has 0 saturated heterocycles. The molecule has 2 aromatic rings. The van der Waals surface area contributed by atoms with Gasteiger partial charge in [-0.3, -0.25) is 20.2 Å². The molecule has 0 amide bonds. The van der Waals surface area contributed by atoms with E-state index in [1.165, 1.54) is 55.5 Å². The van der Waals surface area contributed by atoms with E-state index in [0.29, 0.717) is 0 Å². The SMILES string of the molecule is C=C(C)C(=O)OC(C=Cc1ccccc1[N+](=O)[O-])c1ccccc1[N+](=O)[O-]. The van der Waals surface area contributed by atoms with Gasteiger partial charge in [0.25, 0.3) is 11.4 Å². The van der Waals surface area contributed by atoms with Crippen molar-refractivity contribution >= 4 is 23.4 Å². The number of esters is 1. The number of ether oxygens (including phenoxy) is 1. The summed E-state index contributed by atoms with van der Waals surface area (Å²) in [5.41, 5.74) is 0.174. The predicted octanol–water partition coefficient (Wildman–Crippen LogP) is 4.38. The van der Waals surface area contributed by atoms with Gasteiger partial charge in [-0.25, -0.2) is 4.79 Å². The second kappa shape index (κ2) is 8.52. The highest BCUT2D eigenvalue weighted by atomic mass is 16.6. The number of hydrogen-bond donors (Lipinski definition) is 0. The Balaban J connectivity index is 2.49. The van der Waals surface area contributed by atoms with Gasteiger partial charge in [0.1, 0.15) is 0 Å². The van der Waals surface area contributed by atoms with E-state index in [-0.39, 0.29) is 28.1 Å². The molecular formula is C19H16N2O6. The highest BCUT2D eigenvalue weighted by Crippen LogP contribution is 2.30. The number of nitro benzene ring substituents is 2. The average molecular weight is 368 g/mol. The Kier molecular flexibility index (Phi) is 6.16. The molecule has 0 bridgehead atoms. The first-order chi connectivity index (χ1) is 12.8. The fourth-order valence-corrected chi connectivity index (χ4v) is 2.30. The number of para-hydroxylation sites is 2. The third-order valence-corrected chi connectivity index (χ3v) is 3.61. The maximum absolute atomic E-state index is 12.0. The van der Waals surface area contributed by atoms with Crippen LogP contribution in [0.5, 0.6) is 0 Å². The standard InChI is InChI=1S/C19H16N2O6/c1-13(2)19(22)27-18(15-8-4-6-10-17(15)21(25)26)12-11-14-7-3-5-9-16(14)20(23)24/h3-12,18H,1H2,2H3. The maximum Gasteiger partial charge on any atom is 0.334 e. The monoisotopic (exact) mass is 368 g/mol. The average Bonchev–Trinajstić information content (AvgIpc) is 2.64. The summed E-state index contributed by atoms with van der Waals surface area (Å²) in [5.74, 6) is -0.731. The van der Waals surface area contributed by atoms with E-state index in [9.17, 15) is 25.0 Å². The van der Waals surface area contributed by atoms with Gasteiger partial charge < -0.3 is 4.74 Å². The largest absolute Gasteiger partial charge is 0.450 e. The molecule has 0 aromatic heterocycles. The van der Waals surface area contributed by atoms with Crippen LogP contribution in [0.25, 0.3) is 6.08 Å². The van der Waals surface area contributed by atoms with E-state index in [4.69, 9.17) is 4.74 Å². The lowest BCUT2D eigenvalue weighted by Crippen LogP contribution is -2.11. The lowest BCUT2D eigenvalue weighted by atomic mass is 10.0. The number of hydrogen-bond acceptors (Lipinski definition) is 6. The number of nitro groups is 2. The minimum absolute atomic E-state index is 0.123. The minimum atomic E-state index is -1.12. The summed E-state index contributed by atoms with van der Waals surface area (Å²) >= 11 is 0. The molecule has 1 atom stereocenters. The van der Waals surface area contributed by atoms with E-state index in [2.05, 4.69) is 6.58 Å². The van der Waals surface area contributed by atoms with Crippen molar-refractivity contribution in [2.45, 2.75) is 13.0 Å². The second-order valence-electron chi connectivity index (χ2n) is 5.60. The molecule has 0 aliphatic carbocycles. The maximum atomic E-state index is 12.0. The normalized spacial score (nSPS) is 11.7. The Bertz CT molecular complexity index is 935. The topological polar surface area (TPSA) is 113 Å². The van der Waals surface area contributed by atoms with Crippen LogP contribution < -0.4 is 0 Å². The van der Waals surface area contributed by atoms with E-state index < -0.39 is 21.9 Å². The summed E-state index contributed by atoms with van der Waals surface area (Å²) in [5, 5.41) is 22.4. The Morgan fingerprint density at radius 3 is 2.19 bits per heavy atom. The lowest BCUT2D eigenvalue weighted by molar-refractivity contribution is -0.386. The molecule has 8 heteroatoms. The first-order valence-electron chi connectivity index (χ1n) is 7.82. The molecule has 0 N–H and O–H groups in total. The van der Waals surface area contributed by atoms with E-state index in [1.807, 2.05) is 0 Å². The van der Waals surface area contributed by atoms with Crippen LogP contribution in [0.15, 0.2) is 66.8 Å². The molecule has 27 heavy (non-hydrogen) atoms. The van der Waals surface area contributed by atoms with Crippen LogP contribution in [-0.4, -0.2) is 15.8 Å². The molecule has 0 heterocycles. The fraction of sp³-hybridized carbons (Fsp3) is 0.105. The number of carbonyl (C=O) groups excluding carboxylic acids is 1. The van der Waals surface area contributed by atoms with Crippen LogP contribution in [0.3, 0.4) is 0 Å². The van der Waals surface area contributed by atoms with Crippen LogP contribution in [0.1, 0.15) is 24.2 Å². The van der Waals surface area contributed by atoms with Crippen molar-refractivity contribution < 1.29 is 19.4 Å². The highest BCUT2D eigenvalue weighted by Gasteiger charge is 2.23. The summed E-state index contributed by atoms with van der Waals surface area (Å²) < 4.78 is 5.31. The number of carbonyl (C=O) groups is 1. The van der Waals surface area contributed by atoms with Gasteiger partial charge in [0.05, 0.1) is 21.0 Å². The van der Waals surface area contributed by atoms with Crippen molar-refractivity contribution in [2.24, 2.45) is 0 Å². The molecule has 0 radical (unpaired) electrons. The molecule has 0 spiro atoms. The second-order valence-corrected chi connectivity index (χ2v) is 5.60. The first-order valence-corrected chi connectivity index (χ1v) is 7.82. The van der Waals surface area contributed by atoms with Crippen molar-refractivity contribution in [3.63, 3.8) is 0 Å². The number of benzene rings is 2. The van der Waals surface area contributed by atoms with Crippen molar-refractivity contribution in [1.29, 1.82) is 0 Å². The Labute approximate surface area is 154 Å². The Hall–Kier alpha value is -3.81. The Morgan fingerprint density at radius 1 is 1.04 bits per heavy atom. The molecule has 0 fully saturated rings. The van der Waals surface area contributed by atoms with Crippen LogP contribution >= 0.6 is 0 Å². The van der Waals surface area contributed by atoms with Gasteiger partial charge in [0, 0.05) is 17.7 Å². The van der Waals surface area contributed by atoms with E-state index in [0.717, 1.165) is 0 Å². The zero-order valence-electron chi connectivity index (χ0n) is 14.4. The lowest BCUT2D eigenvalue weighted by Gasteiger charge is -2.15. The highest BCUT2D eigenvalue weighted by molar-refractivity contribution is 5.87. The summed E-state index contributed by atoms with van der Waals surface area (Å²) in [7, 11) is 0. The third kappa shape index (κ3) is 4.85. The van der Waals surface area contributed by atoms with E-state index >= 15 is 0 Å². The van der Waals surface area contributed by atoms with Gasteiger partial charge in [0.2, 0.25) is 0 Å². The number of rotatable bonds is 7. The molecule has 2 rings (SSSR count). The molecule has 2 aromatic carbocycles. The first kappa shape index (κ1) is 19.5. The third-order valence-electron chi connectivity index (χ3n) is 3.61. The van der Waals surface area contributed by atoms with Gasteiger partial charge in [-0.1, -0.05) is 30.8 Å². The molecule has 8 nitrogen and oxygen atoms in total. The van der Waals surface area contributed by atoms with Crippen LogP contribution in [0, 0.1) is 20.2 Å². The van der Waals surface area contributed by atoms with Gasteiger partial charge >= 0.3 is 5.97 Å². The minimum Gasteiger partial charge on any atom is -0.450 e. The molecule has 1 unspecified atom stereocenters. The molecular weight excluding hydrogens is 352 g/mol. The van der Waals surface area contributed by atoms with Crippen molar-refractivity contribution in [1.82, 2.24) is 0 Å². The molecule has 0 aliphatic rings. The molecule has 0 saturated carbocycles. The van der Waals surface area contributed by atoms with E-state index in [1.54, 1.807) is 12.1 Å². The van der Waals surface area contributed by atoms with Crippen molar-refractivity contribution in [3.05, 3.63) is 98.1 Å². The van der Waals surface area contributed by atoms with Crippen molar-refractivity contribution in [3.8, 4) is 0 Å². The van der Waals surface area contributed by atoms with Gasteiger partial charge in [-0.15, -0.1) is 0 Å². The quantitative estimate of drug-likeness (QED) is 0.310. The summed E-state index contributed by atoms with van der Waals surface area (Å²) in [6.45, 7) is 4.94. The van der Waals surface area contributed by atoms with Crippen LogP contribution in [0.4, 0.5) is 11.4 Å². The smallest absolute Gasteiger partial charge is 0.334 e. The van der Waals surface area contributed by atoms with Crippen LogP contribution in [0.2, 0.25) is 0 Å². The van der Waals surface area contributed by atoms with Gasteiger partial charge in [-0.2, -0.15) is 0 Å². The number of nitrogens with zero attached hydrogens (tertiary/aromatic N) is 2. The zero-order chi connectivity index (χ0) is 20.0. The molecule has 138 valence electrons. The fourth-order valence-electron chi connectivity index (χ4n) is 2.30. The Morgan fingerprint density at radius 2 is 1.59 bits per heavy atom. The van der Waals surface area contributed by atoms with Crippen LogP contribution in [-0.2, 0) is 9.53 Å². The summed E-state index contributed by atoms with van der Waals surface area (Å²) in [6, 6.07) is 11.8. The van der Waals surface area contributed by atoms with Gasteiger partial charge in [0.15, 0.2) is 6.10 Å². The van der Waals surface area contributed by atoms with Crippen molar-refractivity contribution in [2.75, 3.05) is 0 Å². The van der Waals surface area contributed by atoms with Gasteiger partial charge in [-0.05, 0) is 31.2 Å². The summed E-state index contributed by atoms with van der Waals surface area (Å²) in [4.78, 5) is 33.3. The summed E-state index contributed by atoms with van der Waals surface area (Å²) in [6.07, 6.45) is 1.65. The predicted molar refractivity (Wildman–Crippen MR) is 98.9 cm³/mol. The molecule has 0 aliphatic heterocycles. The zero-order valence-corrected chi connectivity index (χ0v) is 14.4.